The number of aryl methyl sites for hydroxylation is 1. The molecule has 4 rings (SSSR count). The van der Waals surface area contributed by atoms with Gasteiger partial charge in [0.05, 0.1) is 29.1 Å². The van der Waals surface area contributed by atoms with E-state index in [9.17, 15) is 4.79 Å². The summed E-state index contributed by atoms with van der Waals surface area (Å²) in [5.74, 6) is 0.596. The third kappa shape index (κ3) is 2.60. The van der Waals surface area contributed by atoms with Crippen molar-refractivity contribution in [3.8, 4) is 11.3 Å². The van der Waals surface area contributed by atoms with Crippen LogP contribution < -0.4 is 10.7 Å². The summed E-state index contributed by atoms with van der Waals surface area (Å²) in [5, 5.41) is 4.15. The SMILES string of the molecule is CCn1cc(-c2ccco2)c(=O)c2cc(NC3CCCC3)cnc21. The van der Waals surface area contributed by atoms with Crippen LogP contribution in [-0.4, -0.2) is 15.6 Å². The number of aromatic nitrogens is 2. The van der Waals surface area contributed by atoms with Crippen molar-refractivity contribution >= 4 is 16.7 Å². The highest BCUT2D eigenvalue weighted by atomic mass is 16.3. The Morgan fingerprint density at radius 3 is 2.92 bits per heavy atom. The van der Waals surface area contributed by atoms with Crippen LogP contribution in [0.1, 0.15) is 32.6 Å². The molecule has 0 aliphatic heterocycles. The zero-order valence-corrected chi connectivity index (χ0v) is 13.8. The molecule has 1 N–H and O–H groups in total. The molecule has 3 aromatic heterocycles. The molecule has 0 radical (unpaired) electrons. The Morgan fingerprint density at radius 1 is 1.38 bits per heavy atom. The van der Waals surface area contributed by atoms with Crippen LogP contribution in [0.15, 0.2) is 46.1 Å². The molecule has 0 aromatic carbocycles. The zero-order chi connectivity index (χ0) is 16.5. The molecule has 0 unspecified atom stereocenters. The van der Waals surface area contributed by atoms with Gasteiger partial charge in [-0.15, -0.1) is 0 Å². The molecular formula is C19H21N3O2. The number of hydrogen-bond donors (Lipinski definition) is 1. The molecule has 24 heavy (non-hydrogen) atoms. The largest absolute Gasteiger partial charge is 0.464 e. The molecule has 3 heterocycles. The lowest BCUT2D eigenvalue weighted by Gasteiger charge is -2.15. The molecule has 0 spiro atoms. The van der Waals surface area contributed by atoms with Crippen LogP contribution in [0.3, 0.4) is 0 Å². The third-order valence-corrected chi connectivity index (χ3v) is 4.77. The third-order valence-electron chi connectivity index (χ3n) is 4.77. The van der Waals surface area contributed by atoms with Crippen molar-refractivity contribution in [1.29, 1.82) is 0 Å². The van der Waals surface area contributed by atoms with Crippen LogP contribution in [0.4, 0.5) is 5.69 Å². The maximum Gasteiger partial charge on any atom is 0.202 e. The van der Waals surface area contributed by atoms with E-state index < -0.39 is 0 Å². The van der Waals surface area contributed by atoms with Crippen molar-refractivity contribution in [1.82, 2.24) is 9.55 Å². The molecule has 5 nitrogen and oxygen atoms in total. The van der Waals surface area contributed by atoms with Gasteiger partial charge in [-0.2, -0.15) is 0 Å². The van der Waals surface area contributed by atoms with E-state index in [0.29, 0.717) is 22.8 Å². The summed E-state index contributed by atoms with van der Waals surface area (Å²) < 4.78 is 7.43. The Morgan fingerprint density at radius 2 is 2.21 bits per heavy atom. The smallest absolute Gasteiger partial charge is 0.202 e. The Hall–Kier alpha value is -2.56. The number of pyridine rings is 2. The van der Waals surface area contributed by atoms with Gasteiger partial charge in [-0.3, -0.25) is 4.79 Å². The van der Waals surface area contributed by atoms with E-state index in [1.807, 2.05) is 36.0 Å². The van der Waals surface area contributed by atoms with E-state index in [1.54, 1.807) is 12.3 Å². The molecule has 5 heteroatoms. The van der Waals surface area contributed by atoms with E-state index in [0.717, 1.165) is 17.9 Å². The van der Waals surface area contributed by atoms with Gasteiger partial charge in [0.1, 0.15) is 11.4 Å². The van der Waals surface area contributed by atoms with Crippen molar-refractivity contribution in [2.24, 2.45) is 0 Å². The van der Waals surface area contributed by atoms with E-state index in [2.05, 4.69) is 10.3 Å². The maximum absolute atomic E-state index is 12.9. The fourth-order valence-corrected chi connectivity index (χ4v) is 3.51. The van der Waals surface area contributed by atoms with Gasteiger partial charge >= 0.3 is 0 Å². The van der Waals surface area contributed by atoms with Gasteiger partial charge in [-0.05, 0) is 38.0 Å². The standard InChI is InChI=1S/C19H21N3O2/c1-2-22-12-16(17-8-5-9-24-17)18(23)15-10-14(11-20-19(15)22)21-13-6-3-4-7-13/h5,8-13,21H,2-4,6-7H2,1H3. The van der Waals surface area contributed by atoms with Crippen LogP contribution in [0.25, 0.3) is 22.4 Å². The molecule has 1 fully saturated rings. The quantitative estimate of drug-likeness (QED) is 0.787. The fourth-order valence-electron chi connectivity index (χ4n) is 3.51. The lowest BCUT2D eigenvalue weighted by atomic mass is 10.1. The summed E-state index contributed by atoms with van der Waals surface area (Å²) in [4.78, 5) is 17.5. The molecule has 0 atom stereocenters. The predicted molar refractivity (Wildman–Crippen MR) is 95.3 cm³/mol. The first-order chi connectivity index (χ1) is 11.8. The molecule has 1 aliphatic carbocycles. The minimum atomic E-state index is -0.0350. The number of hydrogen-bond acceptors (Lipinski definition) is 4. The molecule has 0 amide bonds. The van der Waals surface area contributed by atoms with Gasteiger partial charge in [-0.25, -0.2) is 4.98 Å². The highest BCUT2D eigenvalue weighted by molar-refractivity contribution is 5.82. The Labute approximate surface area is 140 Å². The Bertz CT molecular complexity index is 906. The molecule has 1 aliphatic rings. The number of nitrogens with zero attached hydrogens (tertiary/aromatic N) is 2. The highest BCUT2D eigenvalue weighted by Gasteiger charge is 2.17. The van der Waals surface area contributed by atoms with Crippen molar-refractivity contribution in [3.63, 3.8) is 0 Å². The van der Waals surface area contributed by atoms with Crippen molar-refractivity contribution in [3.05, 3.63) is 47.1 Å². The predicted octanol–water partition coefficient (Wildman–Crippen LogP) is 4.03. The van der Waals surface area contributed by atoms with E-state index in [4.69, 9.17) is 4.42 Å². The summed E-state index contributed by atoms with van der Waals surface area (Å²) in [6.45, 7) is 2.79. The molecule has 0 bridgehead atoms. The van der Waals surface area contributed by atoms with Crippen LogP contribution >= 0.6 is 0 Å². The van der Waals surface area contributed by atoms with Gasteiger partial charge < -0.3 is 14.3 Å². The van der Waals surface area contributed by atoms with Crippen molar-refractivity contribution in [2.75, 3.05) is 5.32 Å². The van der Waals surface area contributed by atoms with Crippen molar-refractivity contribution in [2.45, 2.75) is 45.2 Å². The first-order valence-corrected chi connectivity index (χ1v) is 8.60. The second kappa shape index (κ2) is 6.15. The normalized spacial score (nSPS) is 15.2. The number of anilines is 1. The second-order valence-corrected chi connectivity index (χ2v) is 6.36. The van der Waals surface area contributed by atoms with Gasteiger partial charge in [0.15, 0.2) is 0 Å². The number of furan rings is 1. The van der Waals surface area contributed by atoms with E-state index in [1.165, 1.54) is 25.7 Å². The number of rotatable bonds is 4. The van der Waals surface area contributed by atoms with Gasteiger partial charge in [0.2, 0.25) is 5.43 Å². The van der Waals surface area contributed by atoms with Gasteiger partial charge in [0, 0.05) is 18.8 Å². The van der Waals surface area contributed by atoms with Crippen LogP contribution in [-0.2, 0) is 6.54 Å². The van der Waals surface area contributed by atoms with E-state index in [-0.39, 0.29) is 5.43 Å². The van der Waals surface area contributed by atoms with Crippen molar-refractivity contribution < 1.29 is 4.42 Å². The van der Waals surface area contributed by atoms with Crippen LogP contribution in [0, 0.1) is 0 Å². The molecule has 124 valence electrons. The van der Waals surface area contributed by atoms with Crippen LogP contribution in [0.5, 0.6) is 0 Å². The molecule has 1 saturated carbocycles. The fraction of sp³-hybridized carbons (Fsp3) is 0.368. The van der Waals surface area contributed by atoms with Crippen LogP contribution in [0.2, 0.25) is 0 Å². The summed E-state index contributed by atoms with van der Waals surface area (Å²) in [6, 6.07) is 6.04. The minimum Gasteiger partial charge on any atom is -0.464 e. The lowest BCUT2D eigenvalue weighted by Crippen LogP contribution is -2.16. The van der Waals surface area contributed by atoms with E-state index >= 15 is 0 Å². The first-order valence-electron chi connectivity index (χ1n) is 8.60. The molecular weight excluding hydrogens is 302 g/mol. The number of nitrogens with one attached hydrogen (secondary N) is 1. The Kier molecular flexibility index (Phi) is 3.84. The topological polar surface area (TPSA) is 60.1 Å². The summed E-state index contributed by atoms with van der Waals surface area (Å²) >= 11 is 0. The average molecular weight is 323 g/mol. The monoisotopic (exact) mass is 323 g/mol. The summed E-state index contributed by atoms with van der Waals surface area (Å²) in [6.07, 6.45) is 10.2. The van der Waals surface area contributed by atoms with Gasteiger partial charge in [-0.1, -0.05) is 12.8 Å². The first kappa shape index (κ1) is 15.0. The minimum absolute atomic E-state index is 0.0350. The summed E-state index contributed by atoms with van der Waals surface area (Å²) in [5.41, 5.74) is 2.18. The number of fused-ring (bicyclic) bond motifs is 1. The van der Waals surface area contributed by atoms with Gasteiger partial charge in [0.25, 0.3) is 0 Å². The molecule has 3 aromatic rings. The Balaban J connectivity index is 1.84. The molecule has 0 saturated heterocycles. The maximum atomic E-state index is 12.9. The zero-order valence-electron chi connectivity index (χ0n) is 13.8. The summed E-state index contributed by atoms with van der Waals surface area (Å²) in [7, 11) is 0. The second-order valence-electron chi connectivity index (χ2n) is 6.36. The average Bonchev–Trinajstić information content (AvgIpc) is 3.29. The lowest BCUT2D eigenvalue weighted by molar-refractivity contribution is 0.581. The highest BCUT2D eigenvalue weighted by Crippen LogP contribution is 2.24.